The van der Waals surface area contributed by atoms with E-state index in [-0.39, 0.29) is 17.5 Å². The number of hydrogen-bond acceptors (Lipinski definition) is 2. The topological polar surface area (TPSA) is 63.3 Å². The van der Waals surface area contributed by atoms with Crippen molar-refractivity contribution in [3.8, 4) is 0 Å². The van der Waals surface area contributed by atoms with Crippen molar-refractivity contribution in [1.82, 2.24) is 0 Å². The van der Waals surface area contributed by atoms with Crippen LogP contribution < -0.4 is 5.73 Å². The van der Waals surface area contributed by atoms with E-state index in [4.69, 9.17) is 10.8 Å². The van der Waals surface area contributed by atoms with E-state index >= 15 is 0 Å². The maximum Gasteiger partial charge on any atom is 0.416 e. The summed E-state index contributed by atoms with van der Waals surface area (Å²) in [6.45, 7) is 1.33. The normalized spacial score (nSPS) is 13.5. The highest BCUT2D eigenvalue weighted by Crippen LogP contribution is 2.34. The Bertz CT molecular complexity index is 429. The fourth-order valence-electron chi connectivity index (χ4n) is 1.63. The van der Waals surface area contributed by atoms with Gasteiger partial charge in [0.2, 0.25) is 0 Å². The van der Waals surface area contributed by atoms with Gasteiger partial charge in [0, 0.05) is 0 Å². The third-order valence-corrected chi connectivity index (χ3v) is 2.40. The van der Waals surface area contributed by atoms with Crippen molar-refractivity contribution in [1.29, 1.82) is 0 Å². The Kier molecular flexibility index (Phi) is 3.77. The lowest BCUT2D eigenvalue weighted by Crippen LogP contribution is -2.33. The molecule has 0 aliphatic heterocycles. The molecule has 1 rings (SSSR count). The highest BCUT2D eigenvalue weighted by molar-refractivity contribution is 5.73. The van der Waals surface area contributed by atoms with E-state index in [1.165, 1.54) is 25.1 Å². The van der Waals surface area contributed by atoms with E-state index in [1.54, 1.807) is 0 Å². The zero-order valence-corrected chi connectivity index (χ0v) is 9.08. The van der Waals surface area contributed by atoms with Gasteiger partial charge in [-0.05, 0) is 24.5 Å². The second-order valence-corrected chi connectivity index (χ2v) is 3.76. The van der Waals surface area contributed by atoms with Crippen LogP contribution in [-0.2, 0) is 17.4 Å². The Balaban J connectivity index is 3.16. The Morgan fingerprint density at radius 2 is 2.06 bits per heavy atom. The minimum atomic E-state index is -4.50. The van der Waals surface area contributed by atoms with E-state index in [2.05, 4.69) is 0 Å². The average Bonchev–Trinajstić information content (AvgIpc) is 2.15. The fourth-order valence-corrected chi connectivity index (χ4v) is 1.63. The van der Waals surface area contributed by atoms with Gasteiger partial charge in [-0.25, -0.2) is 0 Å². The molecular weight excluding hydrogens is 235 g/mol. The van der Waals surface area contributed by atoms with Gasteiger partial charge in [-0.3, -0.25) is 4.79 Å². The van der Waals surface area contributed by atoms with Crippen LogP contribution in [0.5, 0.6) is 0 Å². The highest BCUT2D eigenvalue weighted by atomic mass is 19.4. The molecule has 0 aromatic heterocycles. The largest absolute Gasteiger partial charge is 0.480 e. The summed E-state index contributed by atoms with van der Waals surface area (Å²) in [6, 6.07) is 2.70. The number of carbonyl (C=O) groups is 1. The standard InChI is InChI=1S/C11H12F3NO2/c1-6-3-2-4-7(5-8(15)10(16)17)9(6)11(12,13)14/h2-4,8H,5,15H2,1H3,(H,16,17)/t8-/m0/s1. The maximum atomic E-state index is 12.8. The predicted molar refractivity (Wildman–Crippen MR) is 55.5 cm³/mol. The summed E-state index contributed by atoms with van der Waals surface area (Å²) in [4.78, 5) is 10.5. The molecule has 17 heavy (non-hydrogen) atoms. The summed E-state index contributed by atoms with van der Waals surface area (Å²) >= 11 is 0. The number of alkyl halides is 3. The van der Waals surface area contributed by atoms with Gasteiger partial charge in [0.15, 0.2) is 0 Å². The lowest BCUT2D eigenvalue weighted by Gasteiger charge is -2.16. The van der Waals surface area contributed by atoms with Crippen LogP contribution in [0.2, 0.25) is 0 Å². The number of carboxylic acids is 1. The van der Waals surface area contributed by atoms with Crippen molar-refractivity contribution >= 4 is 5.97 Å². The van der Waals surface area contributed by atoms with Crippen molar-refractivity contribution in [2.75, 3.05) is 0 Å². The van der Waals surface area contributed by atoms with Crippen LogP contribution in [0, 0.1) is 6.92 Å². The molecule has 0 amide bonds. The molecule has 0 unspecified atom stereocenters. The molecule has 0 saturated carbocycles. The van der Waals surface area contributed by atoms with Crippen LogP contribution in [0.15, 0.2) is 18.2 Å². The van der Waals surface area contributed by atoms with Crippen molar-refractivity contribution in [3.05, 3.63) is 34.9 Å². The molecule has 0 bridgehead atoms. The van der Waals surface area contributed by atoms with E-state index in [0.717, 1.165) is 0 Å². The summed E-state index contributed by atoms with van der Waals surface area (Å²) in [5, 5.41) is 8.60. The molecule has 0 spiro atoms. The monoisotopic (exact) mass is 247 g/mol. The van der Waals surface area contributed by atoms with Gasteiger partial charge in [-0.15, -0.1) is 0 Å². The lowest BCUT2D eigenvalue weighted by molar-refractivity contribution is -0.141. The quantitative estimate of drug-likeness (QED) is 0.858. The number of aryl methyl sites for hydroxylation is 1. The Labute approximate surface area is 96.0 Å². The molecule has 0 aliphatic carbocycles. The first-order valence-corrected chi connectivity index (χ1v) is 4.87. The molecule has 3 N–H and O–H groups in total. The van der Waals surface area contributed by atoms with E-state index in [9.17, 15) is 18.0 Å². The number of benzene rings is 1. The van der Waals surface area contributed by atoms with Gasteiger partial charge < -0.3 is 10.8 Å². The maximum absolute atomic E-state index is 12.8. The molecule has 94 valence electrons. The van der Waals surface area contributed by atoms with Crippen molar-refractivity contribution in [2.24, 2.45) is 5.73 Å². The zero-order valence-electron chi connectivity index (χ0n) is 9.08. The van der Waals surface area contributed by atoms with E-state index in [0.29, 0.717) is 0 Å². The smallest absolute Gasteiger partial charge is 0.416 e. The number of aliphatic carboxylic acids is 1. The van der Waals surface area contributed by atoms with E-state index in [1.807, 2.05) is 0 Å². The number of rotatable bonds is 3. The molecule has 0 radical (unpaired) electrons. The molecular formula is C11H12F3NO2. The highest BCUT2D eigenvalue weighted by Gasteiger charge is 2.35. The van der Waals surface area contributed by atoms with Crippen molar-refractivity contribution in [2.45, 2.75) is 25.6 Å². The second-order valence-electron chi connectivity index (χ2n) is 3.76. The first-order chi connectivity index (χ1) is 7.73. The SMILES string of the molecule is Cc1cccc(C[C@H](N)C(=O)O)c1C(F)(F)F. The zero-order chi connectivity index (χ0) is 13.2. The van der Waals surface area contributed by atoms with Crippen LogP contribution in [0.25, 0.3) is 0 Å². The second kappa shape index (κ2) is 4.75. The molecule has 1 aromatic carbocycles. The molecule has 1 atom stereocenters. The van der Waals surface area contributed by atoms with E-state index < -0.39 is 23.8 Å². The van der Waals surface area contributed by atoms with Crippen LogP contribution in [0.4, 0.5) is 13.2 Å². The third kappa shape index (κ3) is 3.20. The molecule has 3 nitrogen and oxygen atoms in total. The molecule has 6 heteroatoms. The number of halogens is 3. The molecule has 0 aliphatic rings. The van der Waals surface area contributed by atoms with Crippen LogP contribution in [0.1, 0.15) is 16.7 Å². The van der Waals surface area contributed by atoms with Crippen molar-refractivity contribution in [3.63, 3.8) is 0 Å². The Morgan fingerprint density at radius 3 is 2.53 bits per heavy atom. The van der Waals surface area contributed by atoms with Gasteiger partial charge in [-0.1, -0.05) is 18.2 Å². The lowest BCUT2D eigenvalue weighted by atomic mass is 9.96. The molecule has 0 fully saturated rings. The first kappa shape index (κ1) is 13.5. The van der Waals surface area contributed by atoms with Crippen LogP contribution in [0.3, 0.4) is 0 Å². The van der Waals surface area contributed by atoms with Gasteiger partial charge in [-0.2, -0.15) is 13.2 Å². The molecule has 0 heterocycles. The summed E-state index contributed by atoms with van der Waals surface area (Å²) < 4.78 is 38.3. The van der Waals surface area contributed by atoms with Gasteiger partial charge in [0.1, 0.15) is 6.04 Å². The van der Waals surface area contributed by atoms with Gasteiger partial charge >= 0.3 is 12.1 Å². The molecule has 1 aromatic rings. The summed E-state index contributed by atoms with van der Waals surface area (Å²) in [7, 11) is 0. The first-order valence-electron chi connectivity index (χ1n) is 4.87. The Morgan fingerprint density at radius 1 is 1.47 bits per heavy atom. The van der Waals surface area contributed by atoms with Crippen molar-refractivity contribution < 1.29 is 23.1 Å². The van der Waals surface area contributed by atoms with Crippen LogP contribution in [-0.4, -0.2) is 17.1 Å². The minimum absolute atomic E-state index is 0.0626. The molecule has 0 saturated heterocycles. The summed E-state index contributed by atoms with van der Waals surface area (Å²) in [5.41, 5.74) is 4.42. The predicted octanol–water partition coefficient (Wildman–Crippen LogP) is 1.97. The number of nitrogens with two attached hydrogens (primary N) is 1. The summed E-state index contributed by atoms with van der Waals surface area (Å²) in [5.74, 6) is -1.32. The van der Waals surface area contributed by atoms with Gasteiger partial charge in [0.25, 0.3) is 0 Å². The Hall–Kier alpha value is -1.56. The summed E-state index contributed by atoms with van der Waals surface area (Å²) in [6.07, 6.45) is -4.84. The van der Waals surface area contributed by atoms with Gasteiger partial charge in [0.05, 0.1) is 5.56 Å². The third-order valence-electron chi connectivity index (χ3n) is 2.40. The average molecular weight is 247 g/mol. The fraction of sp³-hybridized carbons (Fsp3) is 0.364. The van der Waals surface area contributed by atoms with Crippen LogP contribution >= 0.6 is 0 Å². The number of hydrogen-bond donors (Lipinski definition) is 2. The minimum Gasteiger partial charge on any atom is -0.480 e. The number of carboxylic acid groups (broad SMARTS) is 1.